The first-order valence-corrected chi connectivity index (χ1v) is 9.06. The molecule has 1 saturated heterocycles. The molecular weight excluding hydrogens is 298 g/mol. The van der Waals surface area contributed by atoms with E-state index in [9.17, 15) is 8.42 Å². The van der Waals surface area contributed by atoms with Crippen molar-refractivity contribution in [2.24, 2.45) is 0 Å². The molecule has 0 radical (unpaired) electrons. The molecule has 22 heavy (non-hydrogen) atoms. The highest BCUT2D eigenvalue weighted by molar-refractivity contribution is 7.89. The van der Waals surface area contributed by atoms with Crippen LogP contribution in [-0.4, -0.2) is 32.4 Å². The Kier molecular flexibility index (Phi) is 4.10. The Hall–Kier alpha value is -1.59. The maximum atomic E-state index is 12.9. The molecule has 0 amide bonds. The van der Waals surface area contributed by atoms with Crippen LogP contribution in [0.25, 0.3) is 10.8 Å². The summed E-state index contributed by atoms with van der Waals surface area (Å²) in [5, 5.41) is 1.89. The Bertz CT molecular complexity index is 786. The topological polar surface area (TPSA) is 46.6 Å². The quantitative estimate of drug-likeness (QED) is 0.871. The number of methoxy groups -OCH3 is 1. The molecule has 0 aliphatic carbocycles. The monoisotopic (exact) mass is 319 g/mol. The number of rotatable bonds is 3. The molecule has 3 rings (SSSR count). The van der Waals surface area contributed by atoms with E-state index in [2.05, 4.69) is 0 Å². The number of hydrogen-bond acceptors (Lipinski definition) is 3. The van der Waals surface area contributed by atoms with E-state index in [1.807, 2.05) is 31.2 Å². The smallest absolute Gasteiger partial charge is 0.243 e. The maximum absolute atomic E-state index is 12.9. The maximum Gasteiger partial charge on any atom is 0.243 e. The Balaban J connectivity index is 2.01. The van der Waals surface area contributed by atoms with E-state index in [1.165, 1.54) is 0 Å². The van der Waals surface area contributed by atoms with Crippen LogP contribution in [0.15, 0.2) is 41.3 Å². The van der Waals surface area contributed by atoms with Crippen LogP contribution in [0.2, 0.25) is 0 Å². The largest absolute Gasteiger partial charge is 0.497 e. The number of benzene rings is 2. The second-order valence-corrected chi connectivity index (χ2v) is 7.73. The first-order valence-electron chi connectivity index (χ1n) is 7.62. The molecule has 0 saturated carbocycles. The SMILES string of the molecule is COc1ccc2cc(S(=O)(=O)N3CCCC[C@@H]3C)ccc2c1. The summed E-state index contributed by atoms with van der Waals surface area (Å²) >= 11 is 0. The fraction of sp³-hybridized carbons (Fsp3) is 0.412. The highest BCUT2D eigenvalue weighted by Gasteiger charge is 2.30. The van der Waals surface area contributed by atoms with Crippen LogP contribution in [0.5, 0.6) is 5.75 Å². The minimum atomic E-state index is -3.42. The third-order valence-corrected chi connectivity index (χ3v) is 6.38. The zero-order valence-electron chi connectivity index (χ0n) is 13.0. The molecule has 0 aromatic heterocycles. The molecule has 0 unspecified atom stereocenters. The lowest BCUT2D eigenvalue weighted by Crippen LogP contribution is -2.41. The minimum Gasteiger partial charge on any atom is -0.497 e. The van der Waals surface area contributed by atoms with Crippen LogP contribution >= 0.6 is 0 Å². The molecule has 2 aromatic rings. The van der Waals surface area contributed by atoms with E-state index in [-0.39, 0.29) is 6.04 Å². The summed E-state index contributed by atoms with van der Waals surface area (Å²) in [4.78, 5) is 0.374. The summed E-state index contributed by atoms with van der Waals surface area (Å²) in [5.41, 5.74) is 0. The molecule has 1 aliphatic rings. The average Bonchev–Trinajstić information content (AvgIpc) is 2.54. The van der Waals surface area contributed by atoms with Crippen LogP contribution in [0.3, 0.4) is 0 Å². The Labute approximate surface area is 131 Å². The van der Waals surface area contributed by atoms with Gasteiger partial charge in [0.25, 0.3) is 0 Å². The van der Waals surface area contributed by atoms with E-state index in [4.69, 9.17) is 4.74 Å². The van der Waals surface area contributed by atoms with Crippen LogP contribution in [-0.2, 0) is 10.0 Å². The van der Waals surface area contributed by atoms with Crippen molar-refractivity contribution in [2.75, 3.05) is 13.7 Å². The van der Waals surface area contributed by atoms with Crippen molar-refractivity contribution < 1.29 is 13.2 Å². The molecule has 118 valence electrons. The van der Waals surface area contributed by atoms with E-state index < -0.39 is 10.0 Å². The van der Waals surface area contributed by atoms with Gasteiger partial charge in [-0.3, -0.25) is 0 Å². The average molecular weight is 319 g/mol. The predicted molar refractivity (Wildman–Crippen MR) is 87.7 cm³/mol. The molecule has 1 fully saturated rings. The van der Waals surface area contributed by atoms with E-state index in [0.717, 1.165) is 35.8 Å². The lowest BCUT2D eigenvalue weighted by atomic mass is 10.1. The van der Waals surface area contributed by atoms with Crippen molar-refractivity contribution in [3.05, 3.63) is 36.4 Å². The van der Waals surface area contributed by atoms with Crippen molar-refractivity contribution in [1.29, 1.82) is 0 Å². The van der Waals surface area contributed by atoms with Gasteiger partial charge in [-0.25, -0.2) is 8.42 Å². The van der Waals surface area contributed by atoms with Crippen LogP contribution in [0.1, 0.15) is 26.2 Å². The lowest BCUT2D eigenvalue weighted by Gasteiger charge is -2.32. The van der Waals surface area contributed by atoms with Crippen molar-refractivity contribution in [3.63, 3.8) is 0 Å². The van der Waals surface area contributed by atoms with Gasteiger partial charge in [0, 0.05) is 12.6 Å². The van der Waals surface area contributed by atoms with Crippen molar-refractivity contribution in [1.82, 2.24) is 4.31 Å². The number of hydrogen-bond donors (Lipinski definition) is 0. The van der Waals surface area contributed by atoms with Crippen LogP contribution in [0, 0.1) is 0 Å². The molecule has 1 aliphatic heterocycles. The van der Waals surface area contributed by atoms with E-state index in [0.29, 0.717) is 11.4 Å². The second-order valence-electron chi connectivity index (χ2n) is 5.84. The van der Waals surface area contributed by atoms with Gasteiger partial charge in [-0.2, -0.15) is 4.31 Å². The van der Waals surface area contributed by atoms with Gasteiger partial charge in [-0.05, 0) is 54.8 Å². The molecule has 4 nitrogen and oxygen atoms in total. The number of piperidine rings is 1. The van der Waals surface area contributed by atoms with Gasteiger partial charge in [0.2, 0.25) is 10.0 Å². The molecule has 1 atom stereocenters. The second kappa shape index (κ2) is 5.89. The van der Waals surface area contributed by atoms with Gasteiger partial charge in [0.1, 0.15) is 5.75 Å². The van der Waals surface area contributed by atoms with E-state index in [1.54, 1.807) is 23.5 Å². The predicted octanol–water partition coefficient (Wildman–Crippen LogP) is 3.41. The first-order chi connectivity index (χ1) is 10.5. The minimum absolute atomic E-state index is 0.0744. The molecule has 0 spiro atoms. The first kappa shape index (κ1) is 15.3. The Morgan fingerprint density at radius 1 is 1.09 bits per heavy atom. The third kappa shape index (κ3) is 2.71. The van der Waals surface area contributed by atoms with Crippen molar-refractivity contribution >= 4 is 20.8 Å². The number of sulfonamides is 1. The van der Waals surface area contributed by atoms with Gasteiger partial charge < -0.3 is 4.74 Å². The van der Waals surface area contributed by atoms with Crippen molar-refractivity contribution in [3.8, 4) is 5.75 Å². The number of fused-ring (bicyclic) bond motifs is 1. The van der Waals surface area contributed by atoms with Crippen LogP contribution < -0.4 is 4.74 Å². The summed E-state index contributed by atoms with van der Waals surface area (Å²) in [6.45, 7) is 2.60. The van der Waals surface area contributed by atoms with Gasteiger partial charge >= 0.3 is 0 Å². The van der Waals surface area contributed by atoms with Gasteiger partial charge in [-0.1, -0.05) is 18.6 Å². The molecule has 0 N–H and O–H groups in total. The standard InChI is InChI=1S/C17H21NO3S/c1-13-5-3-4-10-18(13)22(19,20)17-9-7-14-11-16(21-2)8-6-15(14)12-17/h6-9,11-13H,3-5,10H2,1-2H3/t13-/m0/s1. The van der Waals surface area contributed by atoms with Crippen molar-refractivity contribution in [2.45, 2.75) is 37.1 Å². The summed E-state index contributed by atoms with van der Waals surface area (Å²) in [6, 6.07) is 11.0. The molecule has 5 heteroatoms. The summed E-state index contributed by atoms with van der Waals surface area (Å²) < 4.78 is 32.6. The number of nitrogens with zero attached hydrogens (tertiary/aromatic N) is 1. The highest BCUT2D eigenvalue weighted by Crippen LogP contribution is 2.28. The molecule has 2 aromatic carbocycles. The molecule has 1 heterocycles. The zero-order valence-corrected chi connectivity index (χ0v) is 13.8. The van der Waals surface area contributed by atoms with Gasteiger partial charge in [0.15, 0.2) is 0 Å². The Morgan fingerprint density at radius 2 is 1.82 bits per heavy atom. The summed E-state index contributed by atoms with van der Waals surface area (Å²) in [7, 11) is -1.79. The van der Waals surface area contributed by atoms with E-state index >= 15 is 0 Å². The fourth-order valence-electron chi connectivity index (χ4n) is 3.05. The Morgan fingerprint density at radius 3 is 2.55 bits per heavy atom. The third-order valence-electron chi connectivity index (χ3n) is 4.37. The van der Waals surface area contributed by atoms with Gasteiger partial charge in [-0.15, -0.1) is 0 Å². The lowest BCUT2D eigenvalue weighted by molar-refractivity contribution is 0.268. The fourth-order valence-corrected chi connectivity index (χ4v) is 4.79. The summed E-state index contributed by atoms with van der Waals surface area (Å²) in [6.07, 6.45) is 2.98. The summed E-state index contributed by atoms with van der Waals surface area (Å²) in [5.74, 6) is 0.771. The number of ether oxygens (including phenoxy) is 1. The normalized spacial score (nSPS) is 20.2. The highest BCUT2D eigenvalue weighted by atomic mass is 32.2. The molecule has 0 bridgehead atoms. The van der Waals surface area contributed by atoms with Gasteiger partial charge in [0.05, 0.1) is 12.0 Å². The van der Waals surface area contributed by atoms with Crippen LogP contribution in [0.4, 0.5) is 0 Å². The molecular formula is C17H21NO3S. The zero-order chi connectivity index (χ0) is 15.7.